The molecule has 3 aromatic rings. The average Bonchev–Trinajstić information content (AvgIpc) is 2.54. The third-order valence-electron chi connectivity index (χ3n) is 3.52. The lowest BCUT2D eigenvalue weighted by Gasteiger charge is -2.07. The van der Waals surface area contributed by atoms with E-state index in [4.69, 9.17) is 0 Å². The molecule has 2 aromatic carbocycles. The number of hydrogen-bond acceptors (Lipinski definition) is 6. The zero-order chi connectivity index (χ0) is 16.4. The van der Waals surface area contributed by atoms with Gasteiger partial charge in [-0.15, -0.1) is 11.3 Å². The van der Waals surface area contributed by atoms with Crippen molar-refractivity contribution in [2.75, 3.05) is 6.61 Å². The summed E-state index contributed by atoms with van der Waals surface area (Å²) in [6.07, 6.45) is 0.247. The molecule has 0 aliphatic carbocycles. The Balaban J connectivity index is 2.32. The summed E-state index contributed by atoms with van der Waals surface area (Å²) in [4.78, 5) is 33.7. The number of rotatable bonds is 5. The highest BCUT2D eigenvalue weighted by atomic mass is 32.1. The van der Waals surface area contributed by atoms with Crippen LogP contribution < -0.4 is 5.43 Å². The minimum Gasteiger partial charge on any atom is -0.468 e. The molecule has 6 nitrogen and oxygen atoms in total. The fourth-order valence-electron chi connectivity index (χ4n) is 2.51. The van der Waals surface area contributed by atoms with E-state index in [1.165, 1.54) is 23.5 Å². The predicted octanol–water partition coefficient (Wildman–Crippen LogP) is 3.04. The van der Waals surface area contributed by atoms with Crippen LogP contribution in [0.1, 0.15) is 5.56 Å². The van der Waals surface area contributed by atoms with Gasteiger partial charge in [0, 0.05) is 38.7 Å². The van der Waals surface area contributed by atoms with E-state index in [2.05, 4.69) is 4.74 Å². The van der Waals surface area contributed by atoms with Gasteiger partial charge in [0.2, 0.25) is 0 Å². The third-order valence-corrected chi connectivity index (χ3v) is 4.63. The lowest BCUT2D eigenvalue weighted by atomic mass is 10.0. The standard InChI is InChI=1S/C16H11NO5S/c18-9-22-6-5-10-7-11(17(20)21)8-14-15(10)16(19)12-3-1-2-4-13(12)23-14/h1-4,7-9H,5-6H2. The number of ether oxygens (including phenoxy) is 1. The number of benzene rings is 2. The quantitative estimate of drug-likeness (QED) is 0.236. The number of carbonyl (C=O) groups excluding carboxylic acids is 1. The first-order valence-electron chi connectivity index (χ1n) is 6.80. The summed E-state index contributed by atoms with van der Waals surface area (Å²) >= 11 is 1.34. The number of fused-ring (bicyclic) bond motifs is 2. The van der Waals surface area contributed by atoms with Crippen LogP contribution >= 0.6 is 11.3 Å². The molecule has 0 aliphatic heterocycles. The molecular formula is C16H11NO5S. The van der Waals surface area contributed by atoms with Gasteiger partial charge < -0.3 is 4.74 Å². The van der Waals surface area contributed by atoms with E-state index < -0.39 is 4.92 Å². The Morgan fingerprint density at radius 3 is 2.74 bits per heavy atom. The third kappa shape index (κ3) is 2.78. The Bertz CT molecular complexity index is 979. The Hall–Kier alpha value is -2.80. The average molecular weight is 329 g/mol. The van der Waals surface area contributed by atoms with Crippen molar-refractivity contribution in [3.63, 3.8) is 0 Å². The van der Waals surface area contributed by atoms with E-state index in [1.807, 2.05) is 12.1 Å². The summed E-state index contributed by atoms with van der Waals surface area (Å²) < 4.78 is 6.00. The largest absolute Gasteiger partial charge is 0.468 e. The van der Waals surface area contributed by atoms with E-state index in [0.29, 0.717) is 27.5 Å². The van der Waals surface area contributed by atoms with Crippen molar-refractivity contribution in [3.05, 3.63) is 62.3 Å². The van der Waals surface area contributed by atoms with Crippen molar-refractivity contribution in [1.29, 1.82) is 0 Å². The van der Waals surface area contributed by atoms with Gasteiger partial charge in [-0.2, -0.15) is 0 Å². The van der Waals surface area contributed by atoms with Crippen LogP contribution in [0, 0.1) is 10.1 Å². The lowest BCUT2D eigenvalue weighted by molar-refractivity contribution is -0.384. The minimum atomic E-state index is -0.490. The fourth-order valence-corrected chi connectivity index (χ4v) is 3.67. The van der Waals surface area contributed by atoms with E-state index in [-0.39, 0.29) is 24.1 Å². The molecule has 0 fully saturated rings. The number of carbonyl (C=O) groups is 1. The van der Waals surface area contributed by atoms with Gasteiger partial charge in [0.15, 0.2) is 5.43 Å². The summed E-state index contributed by atoms with van der Waals surface area (Å²) in [5.74, 6) is 0. The molecule has 1 aromatic heterocycles. The summed E-state index contributed by atoms with van der Waals surface area (Å²) in [5, 5.41) is 12.2. The first-order valence-corrected chi connectivity index (χ1v) is 7.61. The van der Waals surface area contributed by atoms with Crippen molar-refractivity contribution in [2.24, 2.45) is 0 Å². The topological polar surface area (TPSA) is 86.5 Å². The molecule has 0 atom stereocenters. The van der Waals surface area contributed by atoms with Crippen molar-refractivity contribution in [1.82, 2.24) is 0 Å². The van der Waals surface area contributed by atoms with Gasteiger partial charge in [0.25, 0.3) is 12.2 Å². The highest BCUT2D eigenvalue weighted by molar-refractivity contribution is 7.24. The lowest BCUT2D eigenvalue weighted by Crippen LogP contribution is -2.07. The van der Waals surface area contributed by atoms with Gasteiger partial charge in [0.05, 0.1) is 11.5 Å². The minimum absolute atomic E-state index is 0.0662. The molecule has 0 amide bonds. The molecule has 0 N–H and O–H groups in total. The number of hydrogen-bond donors (Lipinski definition) is 0. The second-order valence-corrected chi connectivity index (χ2v) is 5.96. The number of nitro groups is 1. The van der Waals surface area contributed by atoms with Gasteiger partial charge in [-0.1, -0.05) is 12.1 Å². The molecule has 3 rings (SSSR count). The van der Waals surface area contributed by atoms with E-state index in [9.17, 15) is 19.7 Å². The van der Waals surface area contributed by atoms with Crippen LogP contribution in [0.4, 0.5) is 5.69 Å². The number of nitrogens with zero attached hydrogens (tertiary/aromatic N) is 1. The van der Waals surface area contributed by atoms with E-state index in [1.54, 1.807) is 12.1 Å². The SMILES string of the molecule is O=COCCc1cc([N+](=O)[O-])cc2sc3ccccc3c(=O)c12. The first kappa shape index (κ1) is 15.1. The monoisotopic (exact) mass is 329 g/mol. The van der Waals surface area contributed by atoms with Crippen molar-refractivity contribution >= 4 is 43.7 Å². The highest BCUT2D eigenvalue weighted by Gasteiger charge is 2.16. The molecule has 0 spiro atoms. The predicted molar refractivity (Wildman–Crippen MR) is 88.0 cm³/mol. The zero-order valence-electron chi connectivity index (χ0n) is 11.9. The normalized spacial score (nSPS) is 10.8. The van der Waals surface area contributed by atoms with Gasteiger partial charge in [-0.3, -0.25) is 19.7 Å². The second-order valence-electron chi connectivity index (χ2n) is 4.88. The van der Waals surface area contributed by atoms with Crippen molar-refractivity contribution in [2.45, 2.75) is 6.42 Å². The molecule has 1 heterocycles. The van der Waals surface area contributed by atoms with Crippen LogP contribution in [-0.4, -0.2) is 18.0 Å². The zero-order valence-corrected chi connectivity index (χ0v) is 12.7. The van der Waals surface area contributed by atoms with Crippen LogP contribution in [-0.2, 0) is 16.0 Å². The summed E-state index contributed by atoms with van der Waals surface area (Å²) in [6.45, 7) is 0.381. The smallest absolute Gasteiger partial charge is 0.293 e. The Kier molecular flexibility index (Phi) is 4.03. The highest BCUT2D eigenvalue weighted by Crippen LogP contribution is 2.30. The molecule has 0 saturated carbocycles. The number of nitro benzene ring substituents is 1. The maximum atomic E-state index is 12.7. The molecule has 0 bridgehead atoms. The van der Waals surface area contributed by atoms with Crippen LogP contribution in [0.25, 0.3) is 20.2 Å². The molecule has 0 saturated heterocycles. The first-order chi connectivity index (χ1) is 11.1. The van der Waals surface area contributed by atoms with E-state index >= 15 is 0 Å². The molecule has 23 heavy (non-hydrogen) atoms. The Morgan fingerprint density at radius 1 is 1.22 bits per heavy atom. The maximum absolute atomic E-state index is 12.7. The fraction of sp³-hybridized carbons (Fsp3) is 0.125. The van der Waals surface area contributed by atoms with E-state index in [0.717, 1.165) is 4.70 Å². The molecule has 0 radical (unpaired) electrons. The van der Waals surface area contributed by atoms with Gasteiger partial charge in [-0.25, -0.2) is 0 Å². The Labute approximate surface area is 134 Å². The molecular weight excluding hydrogens is 318 g/mol. The number of non-ortho nitro benzene ring substituents is 1. The van der Waals surface area contributed by atoms with Crippen molar-refractivity contribution < 1.29 is 14.5 Å². The molecule has 7 heteroatoms. The van der Waals surface area contributed by atoms with Crippen LogP contribution in [0.3, 0.4) is 0 Å². The Morgan fingerprint density at radius 2 is 2.00 bits per heavy atom. The van der Waals surface area contributed by atoms with Gasteiger partial charge >= 0.3 is 0 Å². The summed E-state index contributed by atoms with van der Waals surface area (Å²) in [7, 11) is 0. The molecule has 0 aliphatic rings. The van der Waals surface area contributed by atoms with Crippen LogP contribution in [0.2, 0.25) is 0 Å². The van der Waals surface area contributed by atoms with Gasteiger partial charge in [0.1, 0.15) is 0 Å². The van der Waals surface area contributed by atoms with Crippen LogP contribution in [0.15, 0.2) is 41.2 Å². The maximum Gasteiger partial charge on any atom is 0.293 e. The summed E-state index contributed by atoms with van der Waals surface area (Å²) in [6, 6.07) is 9.94. The second kappa shape index (κ2) is 6.13. The summed E-state index contributed by atoms with van der Waals surface area (Å²) in [5.41, 5.74) is 0.276. The molecule has 0 unspecified atom stereocenters. The van der Waals surface area contributed by atoms with Gasteiger partial charge in [-0.05, 0) is 17.7 Å². The van der Waals surface area contributed by atoms with Crippen LogP contribution in [0.5, 0.6) is 0 Å². The van der Waals surface area contributed by atoms with Crippen molar-refractivity contribution in [3.8, 4) is 0 Å². The molecule has 116 valence electrons.